The quantitative estimate of drug-likeness (QED) is 0.471. The fourth-order valence-corrected chi connectivity index (χ4v) is 0. The van der Waals surface area contributed by atoms with Crippen LogP contribution in [0.4, 0.5) is 0 Å². The van der Waals surface area contributed by atoms with Crippen molar-refractivity contribution in [2.75, 3.05) is 0 Å². The molecule has 38 valence electrons. The van der Waals surface area contributed by atoms with Crippen LogP contribution in [0.15, 0.2) is 0 Å². The molecule has 0 bridgehead atoms. The summed E-state index contributed by atoms with van der Waals surface area (Å²) in [6, 6.07) is 0. The molecule has 0 amide bonds. The van der Waals surface area contributed by atoms with E-state index in [1.807, 2.05) is 0 Å². The van der Waals surface area contributed by atoms with Crippen LogP contribution in [0.5, 0.6) is 0 Å². The van der Waals surface area contributed by atoms with Gasteiger partial charge in [0.15, 0.2) is 0 Å². The van der Waals surface area contributed by atoms with Crippen LogP contribution in [0, 0.1) is 0 Å². The Morgan fingerprint density at radius 3 is 0.800 bits per heavy atom. The second kappa shape index (κ2) is 29.0. The van der Waals surface area contributed by atoms with Crippen molar-refractivity contribution in [3.05, 3.63) is 0 Å². The zero-order chi connectivity index (χ0) is 0. The van der Waals surface area contributed by atoms with Crippen molar-refractivity contribution in [2.24, 2.45) is 0 Å². The minimum atomic E-state index is 0. The summed E-state index contributed by atoms with van der Waals surface area (Å²) < 4.78 is 0. The summed E-state index contributed by atoms with van der Waals surface area (Å²) in [6.07, 6.45) is 0. The number of rotatable bonds is 0. The van der Waals surface area contributed by atoms with E-state index in [0.29, 0.717) is 0 Å². The van der Waals surface area contributed by atoms with Crippen LogP contribution in [0.1, 0.15) is 0 Å². The fourth-order valence-electron chi connectivity index (χ4n) is 0. The fraction of sp³-hybridized carbons (Fsp3) is 0. The first-order chi connectivity index (χ1) is 0. The summed E-state index contributed by atoms with van der Waals surface area (Å²) in [5, 5.41) is 0. The van der Waals surface area contributed by atoms with Crippen LogP contribution in [-0.2, 0) is 73.6 Å². The Balaban J connectivity index is 0. The van der Waals surface area contributed by atoms with Gasteiger partial charge in [-0.05, 0) is 0 Å². The number of hydrogen-bond donors (Lipinski definition) is 0. The van der Waals surface area contributed by atoms with E-state index < -0.39 is 0 Å². The first-order valence-electron chi connectivity index (χ1n) is 0. The van der Waals surface area contributed by atoms with Gasteiger partial charge in [-0.2, -0.15) is 0 Å². The third kappa shape index (κ3) is 19.9. The summed E-state index contributed by atoms with van der Waals surface area (Å²) >= 11 is 0. The first kappa shape index (κ1) is 45.6. The van der Waals surface area contributed by atoms with Crippen LogP contribution in [-0.4, -0.2) is 17.4 Å². The van der Waals surface area contributed by atoms with E-state index in [1.54, 1.807) is 0 Å². The van der Waals surface area contributed by atoms with Gasteiger partial charge >= 0.3 is 0 Å². The van der Waals surface area contributed by atoms with Gasteiger partial charge in [0.2, 0.25) is 0 Å². The molecule has 0 unspecified atom stereocenters. The molecule has 0 aromatic carbocycles. The molecule has 5 heteroatoms. The molecule has 0 atom stereocenters. The topological polar surface area (TPSA) is 0 Å². The summed E-state index contributed by atoms with van der Waals surface area (Å²) in [7, 11) is 0. The molecule has 5 heavy (non-hydrogen) atoms. The minimum absolute atomic E-state index is 0. The van der Waals surface area contributed by atoms with Crippen LogP contribution < -0.4 is 0 Å². The van der Waals surface area contributed by atoms with Crippen molar-refractivity contribution in [1.29, 1.82) is 0 Å². The van der Waals surface area contributed by atoms with Gasteiger partial charge in [0.1, 0.15) is 17.4 Å². The summed E-state index contributed by atoms with van der Waals surface area (Å²) in [5.41, 5.74) is 0. The molecule has 0 rings (SSSR count). The average molecular weight is 389 g/mol. The van der Waals surface area contributed by atoms with Gasteiger partial charge in [-0.15, -0.1) is 0 Å². The molecular formula is H2AlAuCr2Ni. The molecule has 0 saturated heterocycles. The van der Waals surface area contributed by atoms with Gasteiger partial charge in [-0.3, -0.25) is 0 Å². The third-order valence-electron chi connectivity index (χ3n) is 0. The molecule has 0 nitrogen and oxygen atoms in total. The van der Waals surface area contributed by atoms with Crippen molar-refractivity contribution in [3.63, 3.8) is 0 Å². The molecule has 0 spiro atoms. The number of hydrogen-bond acceptors (Lipinski definition) is 0. The van der Waals surface area contributed by atoms with Crippen molar-refractivity contribution in [2.45, 2.75) is 0 Å². The zero-order valence-electron chi connectivity index (χ0n) is 2.43. The van der Waals surface area contributed by atoms with Crippen LogP contribution in [0.25, 0.3) is 0 Å². The predicted molar refractivity (Wildman–Crippen MR) is 8.54 cm³/mol. The normalized spacial score (nSPS) is 0. The molecule has 0 fully saturated rings. The van der Waals surface area contributed by atoms with Gasteiger partial charge in [0.05, 0.1) is 0 Å². The van der Waals surface area contributed by atoms with Gasteiger partial charge < -0.3 is 0 Å². The van der Waals surface area contributed by atoms with E-state index in [1.165, 1.54) is 0 Å². The van der Waals surface area contributed by atoms with Crippen molar-refractivity contribution in [3.8, 4) is 0 Å². The van der Waals surface area contributed by atoms with Crippen molar-refractivity contribution >= 4 is 17.4 Å². The SMILES string of the molecule is [AlH2].[Au].[Cr].[Cr].[Ni]. The van der Waals surface area contributed by atoms with Crippen LogP contribution >= 0.6 is 0 Å². The Morgan fingerprint density at radius 2 is 0.800 bits per heavy atom. The molecule has 0 aliphatic carbocycles. The van der Waals surface area contributed by atoms with Crippen LogP contribution in [0.2, 0.25) is 0 Å². The predicted octanol–water partition coefficient (Wildman–Crippen LogP) is -0.926. The maximum Gasteiger partial charge on any atom is 0.146 e. The van der Waals surface area contributed by atoms with Crippen molar-refractivity contribution in [1.82, 2.24) is 0 Å². The van der Waals surface area contributed by atoms with Crippen molar-refractivity contribution < 1.29 is 73.6 Å². The standard InChI is InChI=1S/Al.Au.2Cr.Ni.2H. The summed E-state index contributed by atoms with van der Waals surface area (Å²) in [5.74, 6) is 0. The second-order valence-electron chi connectivity index (χ2n) is 0. The molecule has 2 radical (unpaired) electrons. The smallest absolute Gasteiger partial charge is 0 e. The third-order valence-corrected chi connectivity index (χ3v) is 0. The van der Waals surface area contributed by atoms with E-state index in [2.05, 4.69) is 0 Å². The monoisotopic (exact) mass is 388 g/mol. The van der Waals surface area contributed by atoms with E-state index in [9.17, 15) is 0 Å². The molecule has 0 aliphatic heterocycles. The van der Waals surface area contributed by atoms with Gasteiger partial charge in [0, 0.05) is 73.6 Å². The Hall–Kier alpha value is 2.83. The van der Waals surface area contributed by atoms with E-state index in [0.717, 1.165) is 0 Å². The van der Waals surface area contributed by atoms with E-state index in [4.69, 9.17) is 0 Å². The largest absolute Gasteiger partial charge is 0.146 e. The Kier molecular flexibility index (Phi) is 264. The maximum absolute atomic E-state index is 0. The zero-order valence-corrected chi connectivity index (χ0v) is 10.1. The Bertz CT molecular complexity index is 9.61. The molecule has 0 aliphatic rings. The van der Waals surface area contributed by atoms with Gasteiger partial charge in [-0.25, -0.2) is 0 Å². The second-order valence-corrected chi connectivity index (χ2v) is 0. The molecule has 0 aromatic rings. The molecule has 0 aromatic heterocycles. The minimum Gasteiger partial charge on any atom is 0 e. The van der Waals surface area contributed by atoms with Gasteiger partial charge in [-0.1, -0.05) is 0 Å². The summed E-state index contributed by atoms with van der Waals surface area (Å²) in [6.45, 7) is 0. The molecular weight excluding hydrogens is 387 g/mol. The molecule has 0 heterocycles. The molecule has 0 N–H and O–H groups in total. The van der Waals surface area contributed by atoms with E-state index >= 15 is 0 Å². The maximum atomic E-state index is 0. The summed E-state index contributed by atoms with van der Waals surface area (Å²) in [4.78, 5) is 0. The Morgan fingerprint density at radius 1 is 0.800 bits per heavy atom. The molecule has 0 saturated carbocycles. The Labute approximate surface area is 89.7 Å². The van der Waals surface area contributed by atoms with E-state index in [-0.39, 0.29) is 91.0 Å². The average Bonchev–Trinajstić information content (AvgIpc) is 0. The van der Waals surface area contributed by atoms with Crippen LogP contribution in [0.3, 0.4) is 0 Å². The first-order valence-corrected chi connectivity index (χ1v) is 0. The van der Waals surface area contributed by atoms with Gasteiger partial charge in [0.25, 0.3) is 0 Å².